The number of aryl methyl sites for hydroxylation is 1. The quantitative estimate of drug-likeness (QED) is 0.732. The Kier molecular flexibility index (Phi) is 7.55. The summed E-state index contributed by atoms with van der Waals surface area (Å²) in [7, 11) is 1.45. The molecule has 4 nitrogen and oxygen atoms in total. The Hall–Kier alpha value is -1.40. The van der Waals surface area contributed by atoms with Gasteiger partial charge in [0, 0.05) is 18.7 Å². The molecule has 22 heavy (non-hydrogen) atoms. The molecule has 0 aromatic heterocycles. The Labute approximate surface area is 133 Å². The van der Waals surface area contributed by atoms with E-state index in [1.165, 1.54) is 14.0 Å². The van der Waals surface area contributed by atoms with Crippen molar-refractivity contribution in [2.24, 2.45) is 0 Å². The Morgan fingerprint density at radius 1 is 1.41 bits per heavy atom. The number of rotatable bonds is 8. The summed E-state index contributed by atoms with van der Waals surface area (Å²) in [5.74, 6) is -0.0133. The monoisotopic (exact) mass is 335 g/mol. The second kappa shape index (κ2) is 8.90. The zero-order valence-corrected chi connectivity index (χ0v) is 13.6. The van der Waals surface area contributed by atoms with Crippen molar-refractivity contribution in [3.63, 3.8) is 0 Å². The zero-order chi connectivity index (χ0) is 16.7. The van der Waals surface area contributed by atoms with Gasteiger partial charge < -0.3 is 14.4 Å². The van der Waals surface area contributed by atoms with Crippen molar-refractivity contribution in [1.29, 1.82) is 0 Å². The predicted molar refractivity (Wildman–Crippen MR) is 80.7 cm³/mol. The van der Waals surface area contributed by atoms with Gasteiger partial charge in [-0.15, -0.1) is 0 Å². The number of hydrogen-bond acceptors (Lipinski definition) is 3. The number of alkyl halides is 2. The van der Waals surface area contributed by atoms with Gasteiger partial charge in [0.25, 0.3) is 12.3 Å². The van der Waals surface area contributed by atoms with Crippen LogP contribution in [0.5, 0.6) is 5.75 Å². The van der Waals surface area contributed by atoms with Gasteiger partial charge in [0.05, 0.1) is 13.2 Å². The van der Waals surface area contributed by atoms with Crippen LogP contribution in [0.1, 0.15) is 12.5 Å². The molecule has 0 saturated carbocycles. The first-order valence-electron chi connectivity index (χ1n) is 6.83. The summed E-state index contributed by atoms with van der Waals surface area (Å²) >= 11 is 5.85. The first-order chi connectivity index (χ1) is 10.3. The molecule has 1 aromatic carbocycles. The molecular weight excluding hydrogens is 316 g/mol. The molecule has 7 heteroatoms. The lowest BCUT2D eigenvalue weighted by atomic mass is 10.2. The fourth-order valence-electron chi connectivity index (χ4n) is 1.90. The highest BCUT2D eigenvalue weighted by molar-refractivity contribution is 6.30. The lowest BCUT2D eigenvalue weighted by Gasteiger charge is -2.26. The number of carbonyl (C=O) groups excluding carboxylic acids is 1. The molecule has 0 spiro atoms. The summed E-state index contributed by atoms with van der Waals surface area (Å²) < 4.78 is 35.6. The molecule has 1 rings (SSSR count). The van der Waals surface area contributed by atoms with E-state index in [4.69, 9.17) is 21.1 Å². The molecule has 0 bridgehead atoms. The Balaban J connectivity index is 2.75. The SMILES string of the molecule is COCCN(CC(F)F)C(=O)C(C)Oc1ccc(Cl)cc1C. The number of halogens is 3. The van der Waals surface area contributed by atoms with Crippen molar-refractivity contribution in [3.05, 3.63) is 28.8 Å². The smallest absolute Gasteiger partial charge is 0.263 e. The van der Waals surface area contributed by atoms with Gasteiger partial charge in [-0.1, -0.05) is 11.6 Å². The third-order valence-electron chi connectivity index (χ3n) is 3.02. The van der Waals surface area contributed by atoms with Crippen LogP contribution in [0.2, 0.25) is 5.02 Å². The first-order valence-corrected chi connectivity index (χ1v) is 7.21. The van der Waals surface area contributed by atoms with Crippen molar-refractivity contribution in [1.82, 2.24) is 4.90 Å². The summed E-state index contributed by atoms with van der Waals surface area (Å²) in [6.07, 6.45) is -3.49. The number of amides is 1. The van der Waals surface area contributed by atoms with Crippen molar-refractivity contribution >= 4 is 17.5 Å². The zero-order valence-electron chi connectivity index (χ0n) is 12.8. The second-order valence-electron chi connectivity index (χ2n) is 4.84. The molecule has 0 radical (unpaired) electrons. The van der Waals surface area contributed by atoms with E-state index in [9.17, 15) is 13.6 Å². The van der Waals surface area contributed by atoms with E-state index in [2.05, 4.69) is 0 Å². The normalized spacial score (nSPS) is 12.3. The van der Waals surface area contributed by atoms with E-state index in [0.717, 1.165) is 10.5 Å². The van der Waals surface area contributed by atoms with Crippen LogP contribution in [0, 0.1) is 6.92 Å². The maximum absolute atomic E-state index is 12.6. The largest absolute Gasteiger partial charge is 0.481 e. The van der Waals surface area contributed by atoms with Gasteiger partial charge in [0.2, 0.25) is 0 Å². The minimum atomic E-state index is -2.61. The molecular formula is C15H20ClF2NO3. The van der Waals surface area contributed by atoms with Crippen molar-refractivity contribution < 1.29 is 23.0 Å². The molecule has 0 aliphatic carbocycles. The van der Waals surface area contributed by atoms with Gasteiger partial charge in [-0.3, -0.25) is 4.79 Å². The van der Waals surface area contributed by atoms with Crippen LogP contribution < -0.4 is 4.74 Å². The molecule has 0 N–H and O–H groups in total. The minimum absolute atomic E-state index is 0.0903. The van der Waals surface area contributed by atoms with Crippen LogP contribution in [-0.2, 0) is 9.53 Å². The summed E-state index contributed by atoms with van der Waals surface area (Å²) in [4.78, 5) is 13.3. The Morgan fingerprint density at radius 3 is 2.64 bits per heavy atom. The van der Waals surface area contributed by atoms with E-state index >= 15 is 0 Å². The summed E-state index contributed by atoms with van der Waals surface area (Å²) in [5.41, 5.74) is 0.768. The van der Waals surface area contributed by atoms with E-state index < -0.39 is 25.0 Å². The highest BCUT2D eigenvalue weighted by Crippen LogP contribution is 2.23. The standard InChI is InChI=1S/C15H20ClF2NO3/c1-10-8-12(16)4-5-13(10)22-11(2)15(20)19(6-7-21-3)9-14(17)18/h4-5,8,11,14H,6-7,9H2,1-3H3. The number of ether oxygens (including phenoxy) is 2. The van der Waals surface area contributed by atoms with Gasteiger partial charge >= 0.3 is 0 Å². The summed E-state index contributed by atoms with van der Waals surface area (Å²) in [6.45, 7) is 2.95. The van der Waals surface area contributed by atoms with Gasteiger partial charge in [0.1, 0.15) is 5.75 Å². The average molecular weight is 336 g/mol. The summed E-state index contributed by atoms with van der Waals surface area (Å²) in [5, 5.41) is 0.559. The Bertz CT molecular complexity index is 500. The molecule has 0 heterocycles. The molecule has 1 unspecified atom stereocenters. The molecule has 1 atom stereocenters. The molecule has 0 aliphatic heterocycles. The van der Waals surface area contributed by atoms with Crippen LogP contribution >= 0.6 is 11.6 Å². The number of nitrogens with zero attached hydrogens (tertiary/aromatic N) is 1. The van der Waals surface area contributed by atoms with Gasteiger partial charge in [-0.05, 0) is 37.6 Å². The van der Waals surface area contributed by atoms with E-state index in [-0.39, 0.29) is 13.2 Å². The van der Waals surface area contributed by atoms with Crippen LogP contribution in [0.3, 0.4) is 0 Å². The molecule has 124 valence electrons. The predicted octanol–water partition coefficient (Wildman–Crippen LogP) is 3.16. The lowest BCUT2D eigenvalue weighted by molar-refractivity contribution is -0.140. The molecule has 0 saturated heterocycles. The third-order valence-corrected chi connectivity index (χ3v) is 3.26. The number of hydrogen-bond donors (Lipinski definition) is 0. The number of benzene rings is 1. The average Bonchev–Trinajstić information content (AvgIpc) is 2.45. The van der Waals surface area contributed by atoms with Crippen molar-refractivity contribution in [2.45, 2.75) is 26.4 Å². The van der Waals surface area contributed by atoms with E-state index in [1.807, 2.05) is 0 Å². The third kappa shape index (κ3) is 5.77. The Morgan fingerprint density at radius 2 is 2.09 bits per heavy atom. The van der Waals surface area contributed by atoms with Gasteiger partial charge in [-0.2, -0.15) is 0 Å². The summed E-state index contributed by atoms with van der Waals surface area (Å²) in [6, 6.07) is 4.99. The van der Waals surface area contributed by atoms with Crippen molar-refractivity contribution in [2.75, 3.05) is 26.8 Å². The lowest BCUT2D eigenvalue weighted by Crippen LogP contribution is -2.44. The highest BCUT2D eigenvalue weighted by atomic mass is 35.5. The van der Waals surface area contributed by atoms with Crippen molar-refractivity contribution in [3.8, 4) is 5.75 Å². The molecule has 0 aliphatic rings. The number of methoxy groups -OCH3 is 1. The topological polar surface area (TPSA) is 38.8 Å². The fraction of sp³-hybridized carbons (Fsp3) is 0.533. The maximum Gasteiger partial charge on any atom is 0.263 e. The van der Waals surface area contributed by atoms with Gasteiger partial charge in [0.15, 0.2) is 6.10 Å². The van der Waals surface area contributed by atoms with Crippen LogP contribution in [-0.4, -0.2) is 50.1 Å². The minimum Gasteiger partial charge on any atom is -0.481 e. The fourth-order valence-corrected chi connectivity index (χ4v) is 2.13. The number of carbonyl (C=O) groups is 1. The van der Waals surface area contributed by atoms with Crippen LogP contribution in [0.25, 0.3) is 0 Å². The van der Waals surface area contributed by atoms with Crippen LogP contribution in [0.15, 0.2) is 18.2 Å². The first kappa shape index (κ1) is 18.6. The van der Waals surface area contributed by atoms with Crippen LogP contribution in [0.4, 0.5) is 8.78 Å². The highest BCUT2D eigenvalue weighted by Gasteiger charge is 2.24. The molecule has 1 aromatic rings. The molecule has 0 fully saturated rings. The van der Waals surface area contributed by atoms with E-state index in [1.54, 1.807) is 25.1 Å². The van der Waals surface area contributed by atoms with E-state index in [0.29, 0.717) is 10.8 Å². The van der Waals surface area contributed by atoms with Gasteiger partial charge in [-0.25, -0.2) is 8.78 Å². The maximum atomic E-state index is 12.6. The second-order valence-corrected chi connectivity index (χ2v) is 5.27. The molecule has 1 amide bonds.